The van der Waals surface area contributed by atoms with Crippen molar-refractivity contribution < 1.29 is 19.4 Å². The first kappa shape index (κ1) is 19.7. The largest absolute Gasteiger partial charge is 0.507 e. The van der Waals surface area contributed by atoms with Gasteiger partial charge in [-0.3, -0.25) is 14.5 Å². The molecule has 1 aliphatic rings. The predicted octanol–water partition coefficient (Wildman–Crippen LogP) is 4.97. The fourth-order valence-electron chi connectivity index (χ4n) is 3.60. The van der Waals surface area contributed by atoms with Gasteiger partial charge in [-0.1, -0.05) is 60.1 Å². The van der Waals surface area contributed by atoms with E-state index in [2.05, 4.69) is 0 Å². The van der Waals surface area contributed by atoms with E-state index in [4.69, 9.17) is 16.3 Å². The Morgan fingerprint density at radius 1 is 0.967 bits per heavy atom. The lowest BCUT2D eigenvalue weighted by molar-refractivity contribution is -0.132. The monoisotopic (exact) mass is 419 g/mol. The number of hydrogen-bond donors (Lipinski definition) is 1. The smallest absolute Gasteiger partial charge is 0.300 e. The number of hydrogen-bond acceptors (Lipinski definition) is 4. The molecule has 30 heavy (non-hydrogen) atoms. The summed E-state index contributed by atoms with van der Waals surface area (Å²) in [7, 11) is 1.54. The third-order valence-corrected chi connectivity index (χ3v) is 5.22. The third-order valence-electron chi connectivity index (χ3n) is 4.99. The number of amides is 1. The van der Waals surface area contributed by atoms with Crippen LogP contribution < -0.4 is 9.64 Å². The number of rotatable bonds is 4. The Morgan fingerprint density at radius 3 is 2.40 bits per heavy atom. The maximum atomic E-state index is 13.1. The van der Waals surface area contributed by atoms with E-state index >= 15 is 0 Å². The maximum Gasteiger partial charge on any atom is 0.300 e. The van der Waals surface area contributed by atoms with Crippen molar-refractivity contribution in [2.45, 2.75) is 6.04 Å². The summed E-state index contributed by atoms with van der Waals surface area (Å²) < 4.78 is 5.32. The van der Waals surface area contributed by atoms with Gasteiger partial charge >= 0.3 is 0 Å². The zero-order chi connectivity index (χ0) is 21.3. The molecule has 1 fully saturated rings. The number of anilines is 1. The SMILES string of the molecule is COc1cccc(C2C(=C(O)c3ccccc3)C(=O)C(=O)N2c2cccc(Cl)c2)c1. The van der Waals surface area contributed by atoms with Gasteiger partial charge in [-0.25, -0.2) is 0 Å². The van der Waals surface area contributed by atoms with Crippen LogP contribution >= 0.6 is 11.6 Å². The number of methoxy groups -OCH3 is 1. The number of nitrogens with zero attached hydrogens (tertiary/aromatic N) is 1. The van der Waals surface area contributed by atoms with Crippen molar-refractivity contribution in [3.8, 4) is 5.75 Å². The summed E-state index contributed by atoms with van der Waals surface area (Å²) in [5.74, 6) is -1.15. The molecule has 0 aliphatic carbocycles. The number of carbonyl (C=O) groups excluding carboxylic acids is 2. The lowest BCUT2D eigenvalue weighted by Gasteiger charge is -2.25. The molecule has 1 unspecified atom stereocenters. The summed E-state index contributed by atoms with van der Waals surface area (Å²) in [5.41, 5.74) is 1.56. The van der Waals surface area contributed by atoms with E-state index in [0.29, 0.717) is 27.6 Å². The quantitative estimate of drug-likeness (QED) is 0.368. The van der Waals surface area contributed by atoms with Gasteiger partial charge in [0, 0.05) is 16.3 Å². The molecule has 0 radical (unpaired) electrons. The molecule has 0 aromatic heterocycles. The van der Waals surface area contributed by atoms with Crippen LogP contribution in [0.1, 0.15) is 17.2 Å². The van der Waals surface area contributed by atoms with Gasteiger partial charge in [-0.2, -0.15) is 0 Å². The zero-order valence-electron chi connectivity index (χ0n) is 16.1. The Balaban J connectivity index is 1.97. The minimum absolute atomic E-state index is 0.0134. The Bertz CT molecular complexity index is 1160. The molecule has 150 valence electrons. The van der Waals surface area contributed by atoms with Gasteiger partial charge in [0.1, 0.15) is 11.5 Å². The standard InChI is InChI=1S/C24H18ClNO4/c1-30-19-12-5-9-16(13-19)21-20(22(27)15-7-3-2-4-8-15)23(28)24(29)26(21)18-11-6-10-17(25)14-18/h2-14,21,27H,1H3. The first-order valence-corrected chi connectivity index (χ1v) is 9.65. The van der Waals surface area contributed by atoms with Crippen LogP contribution in [0, 0.1) is 0 Å². The van der Waals surface area contributed by atoms with Crippen molar-refractivity contribution in [3.63, 3.8) is 0 Å². The number of aliphatic hydroxyl groups excluding tert-OH is 1. The number of aliphatic hydroxyl groups is 1. The number of halogens is 1. The number of Topliss-reactive ketones (excluding diaryl/α,β-unsaturated/α-hetero) is 1. The summed E-state index contributed by atoms with van der Waals surface area (Å²) in [6.07, 6.45) is 0. The van der Waals surface area contributed by atoms with Crippen LogP contribution in [0.2, 0.25) is 5.02 Å². The van der Waals surface area contributed by atoms with E-state index in [0.717, 1.165) is 0 Å². The van der Waals surface area contributed by atoms with E-state index in [-0.39, 0.29) is 11.3 Å². The molecule has 1 saturated heterocycles. The van der Waals surface area contributed by atoms with Crippen LogP contribution in [0.15, 0.2) is 84.4 Å². The lowest BCUT2D eigenvalue weighted by atomic mass is 9.95. The third kappa shape index (κ3) is 3.44. The first-order valence-electron chi connectivity index (χ1n) is 9.27. The molecular formula is C24H18ClNO4. The topological polar surface area (TPSA) is 66.8 Å². The minimum Gasteiger partial charge on any atom is -0.507 e. The van der Waals surface area contributed by atoms with Crippen molar-refractivity contribution in [2.24, 2.45) is 0 Å². The molecule has 1 atom stereocenters. The normalized spacial score (nSPS) is 17.9. The van der Waals surface area contributed by atoms with Gasteiger partial charge < -0.3 is 9.84 Å². The number of carbonyl (C=O) groups is 2. The van der Waals surface area contributed by atoms with Crippen molar-refractivity contribution >= 4 is 34.7 Å². The average molecular weight is 420 g/mol. The highest BCUT2D eigenvalue weighted by molar-refractivity contribution is 6.51. The molecule has 6 heteroatoms. The Morgan fingerprint density at radius 2 is 1.70 bits per heavy atom. The molecule has 1 aliphatic heterocycles. The van der Waals surface area contributed by atoms with Crippen LogP contribution in [0.3, 0.4) is 0 Å². The van der Waals surface area contributed by atoms with Crippen molar-refractivity contribution in [2.75, 3.05) is 12.0 Å². The lowest BCUT2D eigenvalue weighted by Crippen LogP contribution is -2.29. The molecule has 3 aromatic carbocycles. The Kier molecular flexibility index (Phi) is 5.29. The molecular weight excluding hydrogens is 402 g/mol. The summed E-state index contributed by atoms with van der Waals surface area (Å²) in [6, 6.07) is 21.6. The second-order valence-electron chi connectivity index (χ2n) is 6.79. The highest BCUT2D eigenvalue weighted by Gasteiger charge is 2.47. The van der Waals surface area contributed by atoms with E-state index < -0.39 is 17.7 Å². The van der Waals surface area contributed by atoms with Gasteiger partial charge in [0.2, 0.25) is 0 Å². The van der Waals surface area contributed by atoms with E-state index in [9.17, 15) is 14.7 Å². The highest BCUT2D eigenvalue weighted by atomic mass is 35.5. The average Bonchev–Trinajstić information content (AvgIpc) is 3.04. The number of ketones is 1. The summed E-state index contributed by atoms with van der Waals surface area (Å²) in [5, 5.41) is 11.4. The first-order chi connectivity index (χ1) is 14.5. The van der Waals surface area contributed by atoms with Crippen molar-refractivity contribution in [3.05, 3.63) is 101 Å². The summed E-state index contributed by atoms with van der Waals surface area (Å²) in [4.78, 5) is 27.5. The molecule has 5 nitrogen and oxygen atoms in total. The number of benzene rings is 3. The van der Waals surface area contributed by atoms with Crippen molar-refractivity contribution in [1.82, 2.24) is 0 Å². The van der Waals surface area contributed by atoms with Crippen LogP contribution in [-0.4, -0.2) is 23.9 Å². The second-order valence-corrected chi connectivity index (χ2v) is 7.23. The molecule has 4 rings (SSSR count). The van der Waals surface area contributed by atoms with E-state index in [1.165, 1.54) is 12.0 Å². The van der Waals surface area contributed by atoms with Crippen LogP contribution in [0.5, 0.6) is 5.75 Å². The number of ether oxygens (including phenoxy) is 1. The van der Waals surface area contributed by atoms with E-state index in [1.807, 2.05) is 0 Å². The summed E-state index contributed by atoms with van der Waals surface area (Å²) in [6.45, 7) is 0. The fourth-order valence-corrected chi connectivity index (χ4v) is 3.79. The Labute approximate surface area is 178 Å². The zero-order valence-corrected chi connectivity index (χ0v) is 16.8. The second kappa shape index (κ2) is 8.05. The molecule has 3 aromatic rings. The van der Waals surface area contributed by atoms with Gasteiger partial charge in [-0.15, -0.1) is 0 Å². The highest BCUT2D eigenvalue weighted by Crippen LogP contribution is 2.43. The molecule has 0 saturated carbocycles. The van der Waals surface area contributed by atoms with Crippen LogP contribution in [0.25, 0.3) is 5.76 Å². The van der Waals surface area contributed by atoms with E-state index in [1.54, 1.807) is 78.9 Å². The molecule has 0 spiro atoms. The predicted molar refractivity (Wildman–Crippen MR) is 116 cm³/mol. The maximum absolute atomic E-state index is 13.1. The van der Waals surface area contributed by atoms with Crippen LogP contribution in [0.4, 0.5) is 5.69 Å². The van der Waals surface area contributed by atoms with Gasteiger partial charge in [0.15, 0.2) is 0 Å². The van der Waals surface area contributed by atoms with Crippen molar-refractivity contribution in [1.29, 1.82) is 0 Å². The van der Waals surface area contributed by atoms with Gasteiger partial charge in [0.25, 0.3) is 11.7 Å². The van der Waals surface area contributed by atoms with Gasteiger partial charge in [-0.05, 0) is 35.9 Å². The molecule has 1 N–H and O–H groups in total. The van der Waals surface area contributed by atoms with Gasteiger partial charge in [0.05, 0.1) is 18.7 Å². The molecule has 0 bridgehead atoms. The summed E-state index contributed by atoms with van der Waals surface area (Å²) >= 11 is 6.14. The fraction of sp³-hybridized carbons (Fsp3) is 0.0833. The minimum atomic E-state index is -0.834. The Hall–Kier alpha value is -3.57. The molecule has 1 heterocycles. The van der Waals surface area contributed by atoms with Crippen LogP contribution in [-0.2, 0) is 9.59 Å². The molecule has 1 amide bonds.